The number of rotatable bonds is 5. The summed E-state index contributed by atoms with van der Waals surface area (Å²) in [6.45, 7) is 3.79. The average molecular weight is 306 g/mol. The van der Waals surface area contributed by atoms with Crippen LogP contribution in [0.4, 0.5) is 4.79 Å². The first kappa shape index (κ1) is 16.1. The minimum absolute atomic E-state index is 0.00945. The second-order valence-corrected chi connectivity index (χ2v) is 5.25. The molecule has 1 rings (SSSR count). The molecule has 1 aromatic carbocycles. The van der Waals surface area contributed by atoms with Crippen LogP contribution >= 0.6 is 23.2 Å². The smallest absolute Gasteiger partial charge is 0.404 e. The van der Waals surface area contributed by atoms with Crippen molar-refractivity contribution in [2.45, 2.75) is 26.1 Å². The average Bonchev–Trinajstić information content (AvgIpc) is 2.31. The maximum absolute atomic E-state index is 11.0. The van der Waals surface area contributed by atoms with Crippen LogP contribution in [0.3, 0.4) is 0 Å². The van der Waals surface area contributed by atoms with Crippen LogP contribution in [0.1, 0.15) is 25.5 Å². The van der Waals surface area contributed by atoms with Crippen molar-refractivity contribution in [2.24, 2.45) is 11.7 Å². The van der Waals surface area contributed by atoms with Crippen LogP contribution in [0.2, 0.25) is 10.0 Å². The number of carbonyl (C=O) groups is 1. The summed E-state index contributed by atoms with van der Waals surface area (Å²) in [6, 6.07) is 5.15. The SMILES string of the molecule is CO[C@@H](c1c(Cl)cccc1Cl)[C@@H](OC(N)=O)C(C)C. The van der Waals surface area contributed by atoms with Gasteiger partial charge >= 0.3 is 6.09 Å². The Balaban J connectivity index is 3.19. The molecule has 0 unspecified atom stereocenters. The van der Waals surface area contributed by atoms with E-state index in [-0.39, 0.29) is 5.92 Å². The zero-order valence-electron chi connectivity index (χ0n) is 11.0. The van der Waals surface area contributed by atoms with Gasteiger partial charge in [0.25, 0.3) is 0 Å². The molecule has 0 aliphatic heterocycles. The normalized spacial score (nSPS) is 14.2. The molecular formula is C13H17Cl2NO3. The van der Waals surface area contributed by atoms with E-state index in [4.69, 9.17) is 38.4 Å². The van der Waals surface area contributed by atoms with Gasteiger partial charge in [0.2, 0.25) is 0 Å². The zero-order valence-corrected chi connectivity index (χ0v) is 12.5. The summed E-state index contributed by atoms with van der Waals surface area (Å²) in [5.74, 6) is -0.00945. The van der Waals surface area contributed by atoms with Gasteiger partial charge in [-0.3, -0.25) is 0 Å². The van der Waals surface area contributed by atoms with Crippen LogP contribution in [0.5, 0.6) is 0 Å². The van der Waals surface area contributed by atoms with Crippen LogP contribution in [0, 0.1) is 5.92 Å². The quantitative estimate of drug-likeness (QED) is 0.900. The second-order valence-electron chi connectivity index (χ2n) is 4.44. The summed E-state index contributed by atoms with van der Waals surface area (Å²) in [4.78, 5) is 11.0. The highest BCUT2D eigenvalue weighted by atomic mass is 35.5. The molecule has 1 amide bonds. The molecule has 0 fully saturated rings. The Morgan fingerprint density at radius 1 is 1.26 bits per heavy atom. The van der Waals surface area contributed by atoms with Crippen LogP contribution in [-0.4, -0.2) is 19.3 Å². The molecule has 0 spiro atoms. The van der Waals surface area contributed by atoms with E-state index in [2.05, 4.69) is 0 Å². The van der Waals surface area contributed by atoms with E-state index >= 15 is 0 Å². The van der Waals surface area contributed by atoms with Crippen molar-refractivity contribution >= 4 is 29.3 Å². The number of methoxy groups -OCH3 is 1. The van der Waals surface area contributed by atoms with E-state index in [1.54, 1.807) is 18.2 Å². The highest BCUT2D eigenvalue weighted by molar-refractivity contribution is 6.36. The number of hydrogen-bond acceptors (Lipinski definition) is 3. The van der Waals surface area contributed by atoms with Crippen LogP contribution in [0.15, 0.2) is 18.2 Å². The number of nitrogens with two attached hydrogens (primary N) is 1. The van der Waals surface area contributed by atoms with Gasteiger partial charge in [0, 0.05) is 22.7 Å². The lowest BCUT2D eigenvalue weighted by Gasteiger charge is -2.29. The second kappa shape index (κ2) is 6.98. The van der Waals surface area contributed by atoms with E-state index in [0.717, 1.165) is 0 Å². The van der Waals surface area contributed by atoms with Gasteiger partial charge in [-0.05, 0) is 18.1 Å². The summed E-state index contributed by atoms with van der Waals surface area (Å²) in [7, 11) is 1.50. The highest BCUT2D eigenvalue weighted by Gasteiger charge is 2.32. The molecule has 2 N–H and O–H groups in total. The summed E-state index contributed by atoms with van der Waals surface area (Å²) in [6.07, 6.45) is -2.00. The van der Waals surface area contributed by atoms with Gasteiger partial charge in [-0.1, -0.05) is 43.1 Å². The third-order valence-electron chi connectivity index (χ3n) is 2.75. The molecule has 106 valence electrons. The fourth-order valence-electron chi connectivity index (χ4n) is 1.88. The minimum atomic E-state index is -0.857. The lowest BCUT2D eigenvalue weighted by atomic mass is 9.95. The predicted molar refractivity (Wildman–Crippen MR) is 75.5 cm³/mol. The lowest BCUT2D eigenvalue weighted by Crippen LogP contribution is -2.33. The van der Waals surface area contributed by atoms with Gasteiger partial charge in [-0.25, -0.2) is 4.79 Å². The van der Waals surface area contributed by atoms with Gasteiger partial charge in [0.15, 0.2) is 0 Å². The van der Waals surface area contributed by atoms with Crippen molar-refractivity contribution in [2.75, 3.05) is 7.11 Å². The lowest BCUT2D eigenvalue weighted by molar-refractivity contribution is -0.0423. The maximum atomic E-state index is 11.0. The van der Waals surface area contributed by atoms with Gasteiger partial charge in [-0.2, -0.15) is 0 Å². The number of primary amides is 1. The maximum Gasteiger partial charge on any atom is 0.404 e. The van der Waals surface area contributed by atoms with E-state index in [0.29, 0.717) is 15.6 Å². The van der Waals surface area contributed by atoms with Crippen LogP contribution in [0.25, 0.3) is 0 Å². The topological polar surface area (TPSA) is 61.6 Å². The Bertz CT molecular complexity index is 431. The molecule has 0 heterocycles. The number of carbonyl (C=O) groups excluding carboxylic acids is 1. The first-order valence-electron chi connectivity index (χ1n) is 5.81. The fourth-order valence-corrected chi connectivity index (χ4v) is 2.49. The molecule has 6 heteroatoms. The van der Waals surface area contributed by atoms with Gasteiger partial charge in [0.1, 0.15) is 12.2 Å². The molecule has 0 saturated carbocycles. The number of amides is 1. The third kappa shape index (κ3) is 4.00. The largest absolute Gasteiger partial charge is 0.443 e. The van der Waals surface area contributed by atoms with Crippen molar-refractivity contribution in [1.29, 1.82) is 0 Å². The van der Waals surface area contributed by atoms with Gasteiger partial charge < -0.3 is 15.2 Å². The first-order chi connectivity index (χ1) is 8.88. The monoisotopic (exact) mass is 305 g/mol. The first-order valence-corrected chi connectivity index (χ1v) is 6.56. The Labute approximate surface area is 122 Å². The summed E-state index contributed by atoms with van der Waals surface area (Å²) in [5.41, 5.74) is 5.69. The van der Waals surface area contributed by atoms with Gasteiger partial charge in [-0.15, -0.1) is 0 Å². The standard InChI is InChI=1S/C13H17Cl2NO3/c1-7(2)11(19-13(16)17)12(18-3)10-8(14)5-4-6-9(10)15/h4-7,11-12H,1-3H3,(H2,16,17)/t11-,12-/m0/s1. The van der Waals surface area contributed by atoms with Gasteiger partial charge in [0.05, 0.1) is 0 Å². The molecule has 1 aromatic rings. The molecular weight excluding hydrogens is 289 g/mol. The van der Waals surface area contributed by atoms with Crippen molar-refractivity contribution in [3.8, 4) is 0 Å². The molecule has 0 aliphatic carbocycles. The molecule has 0 aliphatic rings. The molecule has 0 bridgehead atoms. The fraction of sp³-hybridized carbons (Fsp3) is 0.462. The Morgan fingerprint density at radius 3 is 2.16 bits per heavy atom. The van der Waals surface area contributed by atoms with Crippen molar-refractivity contribution in [3.05, 3.63) is 33.8 Å². The Kier molecular flexibility index (Phi) is 5.91. The number of hydrogen-bond donors (Lipinski definition) is 1. The Hall–Kier alpha value is -0.970. The highest BCUT2D eigenvalue weighted by Crippen LogP contribution is 2.37. The summed E-state index contributed by atoms with van der Waals surface area (Å²) >= 11 is 12.3. The van der Waals surface area contributed by atoms with E-state index in [1.807, 2.05) is 13.8 Å². The summed E-state index contributed by atoms with van der Waals surface area (Å²) in [5, 5.41) is 0.913. The van der Waals surface area contributed by atoms with E-state index in [9.17, 15) is 4.79 Å². The van der Waals surface area contributed by atoms with E-state index < -0.39 is 18.3 Å². The number of benzene rings is 1. The molecule has 4 nitrogen and oxygen atoms in total. The zero-order chi connectivity index (χ0) is 14.6. The van der Waals surface area contributed by atoms with Crippen molar-refractivity contribution < 1.29 is 14.3 Å². The molecule has 2 atom stereocenters. The number of ether oxygens (including phenoxy) is 2. The third-order valence-corrected chi connectivity index (χ3v) is 3.41. The van der Waals surface area contributed by atoms with E-state index in [1.165, 1.54) is 7.11 Å². The molecule has 19 heavy (non-hydrogen) atoms. The minimum Gasteiger partial charge on any atom is -0.443 e. The van der Waals surface area contributed by atoms with Crippen LogP contribution in [-0.2, 0) is 9.47 Å². The molecule has 0 radical (unpaired) electrons. The predicted octanol–water partition coefficient (Wildman–Crippen LogP) is 3.80. The molecule has 0 saturated heterocycles. The van der Waals surface area contributed by atoms with Crippen molar-refractivity contribution in [3.63, 3.8) is 0 Å². The van der Waals surface area contributed by atoms with Crippen LogP contribution < -0.4 is 5.73 Å². The Morgan fingerprint density at radius 2 is 1.79 bits per heavy atom. The molecule has 0 aromatic heterocycles. The van der Waals surface area contributed by atoms with Crippen molar-refractivity contribution in [1.82, 2.24) is 0 Å². The summed E-state index contributed by atoms with van der Waals surface area (Å²) < 4.78 is 10.5. The number of halogens is 2.